The summed E-state index contributed by atoms with van der Waals surface area (Å²) in [6, 6.07) is 0.0844. The summed E-state index contributed by atoms with van der Waals surface area (Å²) < 4.78 is 5.27. The van der Waals surface area contributed by atoms with Gasteiger partial charge < -0.3 is 15.2 Å². The molecule has 3 atom stereocenters. The highest BCUT2D eigenvalue weighted by molar-refractivity contribution is 5.68. The Bertz CT molecular complexity index is 310. The lowest BCUT2D eigenvalue weighted by Gasteiger charge is -2.34. The van der Waals surface area contributed by atoms with Gasteiger partial charge in [0, 0.05) is 11.5 Å². The number of ether oxygens (including phenoxy) is 1. The largest absolute Gasteiger partial charge is 0.444 e. The number of nitrogens with one attached hydrogen (secondary N) is 1. The van der Waals surface area contributed by atoms with Crippen molar-refractivity contribution in [3.05, 3.63) is 0 Å². The molecule has 2 rings (SSSR count). The molecule has 0 aromatic heterocycles. The normalized spacial score (nSPS) is 36.0. The van der Waals surface area contributed by atoms with E-state index in [0.29, 0.717) is 5.92 Å². The van der Waals surface area contributed by atoms with E-state index in [1.807, 2.05) is 20.8 Å². The first kappa shape index (κ1) is 12.7. The molecule has 2 bridgehead atoms. The van der Waals surface area contributed by atoms with Crippen LogP contribution in [0.15, 0.2) is 0 Å². The van der Waals surface area contributed by atoms with E-state index in [2.05, 4.69) is 5.32 Å². The minimum Gasteiger partial charge on any atom is -0.444 e. The Balaban J connectivity index is 1.94. The summed E-state index contributed by atoms with van der Waals surface area (Å²) >= 11 is 0. The van der Waals surface area contributed by atoms with Crippen LogP contribution in [0.3, 0.4) is 0 Å². The molecule has 2 fully saturated rings. The van der Waals surface area contributed by atoms with E-state index in [4.69, 9.17) is 4.74 Å². The number of rotatable bonds is 2. The first-order valence-corrected chi connectivity index (χ1v) is 6.45. The lowest BCUT2D eigenvalue weighted by Crippen LogP contribution is -2.48. The number of hydrogen-bond acceptors (Lipinski definition) is 3. The number of carbonyl (C=O) groups is 1. The molecular formula is C13H23NO3. The van der Waals surface area contributed by atoms with Crippen LogP contribution in [0.4, 0.5) is 4.79 Å². The highest BCUT2D eigenvalue weighted by Crippen LogP contribution is 2.53. The number of fused-ring (bicyclic) bond motifs is 2. The third-order valence-corrected chi connectivity index (χ3v) is 4.06. The van der Waals surface area contributed by atoms with Crippen molar-refractivity contribution in [1.29, 1.82) is 0 Å². The molecule has 0 spiro atoms. The maximum Gasteiger partial charge on any atom is 0.407 e. The molecule has 2 N–H and O–H groups in total. The fraction of sp³-hybridized carbons (Fsp3) is 0.923. The van der Waals surface area contributed by atoms with Crippen LogP contribution in [0, 0.1) is 11.3 Å². The highest BCUT2D eigenvalue weighted by atomic mass is 16.6. The molecular weight excluding hydrogens is 218 g/mol. The van der Waals surface area contributed by atoms with Gasteiger partial charge in [-0.3, -0.25) is 0 Å². The fourth-order valence-electron chi connectivity index (χ4n) is 3.29. The first-order chi connectivity index (χ1) is 7.85. The summed E-state index contributed by atoms with van der Waals surface area (Å²) in [5.41, 5.74) is -0.546. The van der Waals surface area contributed by atoms with Crippen molar-refractivity contribution >= 4 is 6.09 Å². The van der Waals surface area contributed by atoms with Crippen molar-refractivity contribution in [3.63, 3.8) is 0 Å². The second kappa shape index (κ2) is 4.16. The molecule has 0 aromatic carbocycles. The molecule has 0 aromatic rings. The van der Waals surface area contributed by atoms with E-state index < -0.39 is 5.60 Å². The molecule has 17 heavy (non-hydrogen) atoms. The van der Waals surface area contributed by atoms with Crippen molar-refractivity contribution in [2.75, 3.05) is 6.61 Å². The third-order valence-electron chi connectivity index (χ3n) is 4.06. The van der Waals surface area contributed by atoms with Crippen LogP contribution in [-0.2, 0) is 4.74 Å². The second-order valence-corrected chi connectivity index (χ2v) is 6.56. The van der Waals surface area contributed by atoms with Gasteiger partial charge in [-0.15, -0.1) is 0 Å². The SMILES string of the molecule is CC(C)(C)OC(=O)N[C@@H]1C[C@@H]2CC[C@@]1(CO)C2. The molecule has 2 aliphatic carbocycles. The average molecular weight is 241 g/mol. The van der Waals surface area contributed by atoms with Gasteiger partial charge in [-0.05, 0) is 52.4 Å². The molecule has 2 saturated carbocycles. The molecule has 98 valence electrons. The molecule has 0 unspecified atom stereocenters. The van der Waals surface area contributed by atoms with Gasteiger partial charge in [-0.25, -0.2) is 4.79 Å². The van der Waals surface area contributed by atoms with E-state index in [0.717, 1.165) is 19.3 Å². The maximum absolute atomic E-state index is 11.7. The van der Waals surface area contributed by atoms with Gasteiger partial charge in [0.1, 0.15) is 5.60 Å². The van der Waals surface area contributed by atoms with Gasteiger partial charge in [-0.2, -0.15) is 0 Å². The van der Waals surface area contributed by atoms with E-state index in [1.165, 1.54) is 6.42 Å². The van der Waals surface area contributed by atoms with Crippen molar-refractivity contribution < 1.29 is 14.6 Å². The second-order valence-electron chi connectivity index (χ2n) is 6.56. The van der Waals surface area contributed by atoms with Crippen LogP contribution in [-0.4, -0.2) is 29.4 Å². The van der Waals surface area contributed by atoms with E-state index in [9.17, 15) is 9.90 Å². The number of aliphatic hydroxyl groups is 1. The maximum atomic E-state index is 11.7. The molecule has 4 nitrogen and oxygen atoms in total. The minimum absolute atomic E-state index is 0.0818. The average Bonchev–Trinajstić information content (AvgIpc) is 2.72. The van der Waals surface area contributed by atoms with Crippen molar-refractivity contribution in [2.45, 2.75) is 58.1 Å². The smallest absolute Gasteiger partial charge is 0.407 e. The zero-order chi connectivity index (χ0) is 12.7. The number of amides is 1. The number of carbonyl (C=O) groups excluding carboxylic acids is 1. The zero-order valence-corrected chi connectivity index (χ0v) is 11.0. The first-order valence-electron chi connectivity index (χ1n) is 6.45. The van der Waals surface area contributed by atoms with Crippen LogP contribution in [0.5, 0.6) is 0 Å². The monoisotopic (exact) mass is 241 g/mol. The van der Waals surface area contributed by atoms with Crippen LogP contribution in [0.25, 0.3) is 0 Å². The van der Waals surface area contributed by atoms with Gasteiger partial charge >= 0.3 is 6.09 Å². The fourth-order valence-corrected chi connectivity index (χ4v) is 3.29. The third kappa shape index (κ3) is 2.57. The Morgan fingerprint density at radius 2 is 2.24 bits per heavy atom. The Hall–Kier alpha value is -0.770. The molecule has 0 saturated heterocycles. The summed E-state index contributed by atoms with van der Waals surface area (Å²) in [5, 5.41) is 12.5. The van der Waals surface area contributed by atoms with E-state index in [1.54, 1.807) is 0 Å². The summed E-state index contributed by atoms with van der Waals surface area (Å²) in [6.45, 7) is 5.74. The van der Waals surface area contributed by atoms with Gasteiger partial charge in [0.25, 0.3) is 0 Å². The number of aliphatic hydroxyl groups excluding tert-OH is 1. The zero-order valence-electron chi connectivity index (χ0n) is 11.0. The van der Waals surface area contributed by atoms with Crippen molar-refractivity contribution in [3.8, 4) is 0 Å². The van der Waals surface area contributed by atoms with E-state index in [-0.39, 0.29) is 24.2 Å². The Kier molecular flexibility index (Phi) is 3.10. The molecule has 4 heteroatoms. The summed E-state index contributed by atoms with van der Waals surface area (Å²) in [4.78, 5) is 11.7. The molecule has 0 radical (unpaired) electrons. The Morgan fingerprint density at radius 3 is 2.76 bits per heavy atom. The van der Waals surface area contributed by atoms with Gasteiger partial charge in [0.15, 0.2) is 0 Å². The molecule has 0 aliphatic heterocycles. The van der Waals surface area contributed by atoms with Gasteiger partial charge in [-0.1, -0.05) is 0 Å². The lowest BCUT2D eigenvalue weighted by molar-refractivity contribution is 0.0390. The molecule has 2 aliphatic rings. The van der Waals surface area contributed by atoms with E-state index >= 15 is 0 Å². The Morgan fingerprint density at radius 1 is 1.53 bits per heavy atom. The number of hydrogen-bond donors (Lipinski definition) is 2. The van der Waals surface area contributed by atoms with Crippen molar-refractivity contribution in [1.82, 2.24) is 5.32 Å². The highest BCUT2D eigenvalue weighted by Gasteiger charge is 2.52. The van der Waals surface area contributed by atoms with Gasteiger partial charge in [0.05, 0.1) is 6.61 Å². The minimum atomic E-state index is -0.464. The topological polar surface area (TPSA) is 58.6 Å². The standard InChI is InChI=1S/C13H23NO3/c1-12(2,3)17-11(16)14-10-6-9-4-5-13(10,7-9)8-15/h9-10,15H,4-8H2,1-3H3,(H,14,16)/t9-,10+,13-/m0/s1. The van der Waals surface area contributed by atoms with Crippen LogP contribution >= 0.6 is 0 Å². The predicted octanol–water partition coefficient (Wildman–Crippen LogP) is 2.06. The summed E-state index contributed by atoms with van der Waals surface area (Å²) in [5.74, 6) is 0.669. The molecule has 1 amide bonds. The summed E-state index contributed by atoms with van der Waals surface area (Å²) in [6.07, 6.45) is 3.88. The van der Waals surface area contributed by atoms with Crippen LogP contribution in [0.2, 0.25) is 0 Å². The van der Waals surface area contributed by atoms with Crippen LogP contribution in [0.1, 0.15) is 46.5 Å². The summed E-state index contributed by atoms with van der Waals surface area (Å²) in [7, 11) is 0. The van der Waals surface area contributed by atoms with Crippen molar-refractivity contribution in [2.24, 2.45) is 11.3 Å². The number of alkyl carbamates (subject to hydrolysis) is 1. The Labute approximate surface area is 103 Å². The predicted molar refractivity (Wildman–Crippen MR) is 64.6 cm³/mol. The lowest BCUT2D eigenvalue weighted by atomic mass is 9.81. The molecule has 0 heterocycles. The van der Waals surface area contributed by atoms with Crippen LogP contribution < -0.4 is 5.32 Å². The quantitative estimate of drug-likeness (QED) is 0.778. The van der Waals surface area contributed by atoms with Gasteiger partial charge in [0.2, 0.25) is 0 Å².